The van der Waals surface area contributed by atoms with Crippen LogP contribution in [0.4, 0.5) is 0 Å². The second kappa shape index (κ2) is 5.86. The molecule has 3 rings (SSSR count). The monoisotopic (exact) mass is 360 g/mol. The number of rotatable bonds is 3. The Bertz CT molecular complexity index is 886. The Hall–Kier alpha value is -1.92. The van der Waals surface area contributed by atoms with Crippen LogP contribution >= 0.6 is 11.6 Å². The molecule has 0 aliphatic carbocycles. The lowest BCUT2D eigenvalue weighted by molar-refractivity contribution is 0.492. The summed E-state index contributed by atoms with van der Waals surface area (Å²) >= 11 is 5.93. The molecule has 0 unspecified atom stereocenters. The van der Waals surface area contributed by atoms with E-state index >= 15 is 0 Å². The van der Waals surface area contributed by atoms with Gasteiger partial charge >= 0.3 is 0 Å². The molecule has 0 aliphatic heterocycles. The third-order valence-electron chi connectivity index (χ3n) is 4.51. The van der Waals surface area contributed by atoms with Gasteiger partial charge in [0.05, 0.1) is 5.52 Å². The average Bonchev–Trinajstić information content (AvgIpc) is 2.89. The van der Waals surface area contributed by atoms with E-state index in [1.165, 1.54) is 6.33 Å². The predicted octanol–water partition coefficient (Wildman–Crippen LogP) is 4.85. The average molecular weight is 361 g/mol. The normalized spacial score (nSPS) is 12.6. The molecule has 126 valence electrons. The largest absolute Gasteiger partial charge is 0.543 e. The summed E-state index contributed by atoms with van der Waals surface area (Å²) in [7, 11) is -1.87. The van der Waals surface area contributed by atoms with Crippen molar-refractivity contribution >= 4 is 30.8 Å². The van der Waals surface area contributed by atoms with Crippen LogP contribution in [0.3, 0.4) is 0 Å². The minimum absolute atomic E-state index is 0.152. The van der Waals surface area contributed by atoms with E-state index in [1.807, 2.05) is 24.4 Å². The third kappa shape index (κ3) is 3.30. The van der Waals surface area contributed by atoms with Crippen LogP contribution < -0.4 is 4.43 Å². The van der Waals surface area contributed by atoms with Crippen LogP contribution in [0.1, 0.15) is 20.8 Å². The highest BCUT2D eigenvalue weighted by Crippen LogP contribution is 2.37. The number of fused-ring (bicyclic) bond motifs is 1. The lowest BCUT2D eigenvalue weighted by Crippen LogP contribution is -2.43. The van der Waals surface area contributed by atoms with Gasteiger partial charge in [-0.1, -0.05) is 32.4 Å². The van der Waals surface area contributed by atoms with Crippen LogP contribution in [-0.2, 0) is 0 Å². The molecule has 0 spiro atoms. The first-order chi connectivity index (χ1) is 11.2. The molecule has 7 heteroatoms. The van der Waals surface area contributed by atoms with E-state index < -0.39 is 8.32 Å². The highest BCUT2D eigenvalue weighted by Gasteiger charge is 2.39. The van der Waals surface area contributed by atoms with Gasteiger partial charge in [-0.2, -0.15) is 5.10 Å². The molecular formula is C17H21ClN4OSi. The van der Waals surface area contributed by atoms with Gasteiger partial charge < -0.3 is 4.43 Å². The number of hydrogen-bond acceptors (Lipinski definition) is 4. The first-order valence-electron chi connectivity index (χ1n) is 7.82. The molecular weight excluding hydrogens is 340 g/mol. The highest BCUT2D eigenvalue weighted by atomic mass is 35.5. The molecule has 1 aromatic carbocycles. The van der Waals surface area contributed by atoms with E-state index in [-0.39, 0.29) is 5.04 Å². The molecule has 0 N–H and O–H groups in total. The molecule has 0 fully saturated rings. The number of nitrogens with zero attached hydrogens (tertiary/aromatic N) is 4. The Morgan fingerprint density at radius 3 is 2.54 bits per heavy atom. The molecule has 0 saturated heterocycles. The molecule has 0 bridgehead atoms. The summed E-state index contributed by atoms with van der Waals surface area (Å²) in [4.78, 5) is 8.09. The van der Waals surface area contributed by atoms with Crippen molar-refractivity contribution in [2.75, 3.05) is 0 Å². The van der Waals surface area contributed by atoms with Crippen molar-refractivity contribution in [1.82, 2.24) is 19.7 Å². The molecule has 2 aromatic heterocycles. The summed E-state index contributed by atoms with van der Waals surface area (Å²) < 4.78 is 8.05. The number of benzene rings is 1. The maximum absolute atomic E-state index is 6.35. The van der Waals surface area contributed by atoms with Gasteiger partial charge in [-0.15, -0.1) is 0 Å². The van der Waals surface area contributed by atoms with Gasteiger partial charge in [-0.3, -0.25) is 0 Å². The molecule has 24 heavy (non-hydrogen) atoms. The zero-order valence-corrected chi connectivity index (χ0v) is 16.3. The van der Waals surface area contributed by atoms with Crippen molar-refractivity contribution in [2.45, 2.75) is 38.9 Å². The third-order valence-corrected chi connectivity index (χ3v) is 9.08. The van der Waals surface area contributed by atoms with E-state index in [1.54, 1.807) is 10.7 Å². The van der Waals surface area contributed by atoms with Crippen molar-refractivity contribution in [1.29, 1.82) is 0 Å². The zero-order chi connectivity index (χ0) is 17.5. The first kappa shape index (κ1) is 16.9. The minimum Gasteiger partial charge on any atom is -0.543 e. The van der Waals surface area contributed by atoms with Gasteiger partial charge in [0, 0.05) is 23.7 Å². The van der Waals surface area contributed by atoms with Crippen LogP contribution in [0, 0.1) is 0 Å². The van der Waals surface area contributed by atoms with Crippen molar-refractivity contribution in [3.8, 4) is 11.6 Å². The maximum Gasteiger partial charge on any atom is 0.250 e. The van der Waals surface area contributed by atoms with Gasteiger partial charge in [-0.05, 0) is 30.3 Å². The fourth-order valence-corrected chi connectivity index (χ4v) is 3.24. The summed E-state index contributed by atoms with van der Waals surface area (Å²) in [5, 5.41) is 6.14. The summed E-state index contributed by atoms with van der Waals surface area (Å²) in [6, 6.07) is 7.68. The van der Waals surface area contributed by atoms with Crippen molar-refractivity contribution in [3.63, 3.8) is 0 Å². The molecule has 3 aromatic rings. The Morgan fingerprint density at radius 2 is 1.88 bits per heavy atom. The van der Waals surface area contributed by atoms with E-state index in [4.69, 9.17) is 16.0 Å². The Labute approximate surface area is 147 Å². The number of halogens is 1. The topological polar surface area (TPSA) is 52.8 Å². The predicted molar refractivity (Wildman–Crippen MR) is 99.5 cm³/mol. The van der Waals surface area contributed by atoms with Crippen molar-refractivity contribution in [3.05, 3.63) is 41.9 Å². The quantitative estimate of drug-likeness (QED) is 0.494. The summed E-state index contributed by atoms with van der Waals surface area (Å²) in [5.41, 5.74) is 0.862. The minimum atomic E-state index is -1.87. The first-order valence-corrected chi connectivity index (χ1v) is 11.1. The molecule has 0 amide bonds. The fourth-order valence-electron chi connectivity index (χ4n) is 2.07. The molecule has 0 radical (unpaired) electrons. The Morgan fingerprint density at radius 1 is 1.12 bits per heavy atom. The van der Waals surface area contributed by atoms with Gasteiger partial charge in [0.15, 0.2) is 5.82 Å². The zero-order valence-electron chi connectivity index (χ0n) is 14.5. The van der Waals surface area contributed by atoms with E-state index in [9.17, 15) is 0 Å². The maximum atomic E-state index is 6.35. The second-order valence-electron chi connectivity index (χ2n) is 7.36. The van der Waals surface area contributed by atoms with Gasteiger partial charge in [0.1, 0.15) is 17.2 Å². The lowest BCUT2D eigenvalue weighted by Gasteiger charge is -2.36. The highest BCUT2D eigenvalue weighted by molar-refractivity contribution is 6.74. The molecule has 0 saturated carbocycles. The van der Waals surface area contributed by atoms with Crippen LogP contribution in [0.2, 0.25) is 23.3 Å². The Kier molecular flexibility index (Phi) is 4.13. The van der Waals surface area contributed by atoms with Crippen molar-refractivity contribution < 1.29 is 4.43 Å². The lowest BCUT2D eigenvalue weighted by atomic mass is 10.2. The van der Waals surface area contributed by atoms with Crippen LogP contribution in [-0.4, -0.2) is 28.1 Å². The molecule has 5 nitrogen and oxygen atoms in total. The van der Waals surface area contributed by atoms with E-state index in [0.717, 1.165) is 16.7 Å². The summed E-state index contributed by atoms with van der Waals surface area (Å²) in [5.74, 6) is 1.50. The van der Waals surface area contributed by atoms with Crippen LogP contribution in [0.15, 0.2) is 36.8 Å². The second-order valence-corrected chi connectivity index (χ2v) is 12.5. The van der Waals surface area contributed by atoms with Gasteiger partial charge in [0.25, 0.3) is 0 Å². The van der Waals surface area contributed by atoms with E-state index in [0.29, 0.717) is 11.0 Å². The standard InChI is InChI=1S/C17H21ClN4OSi/c1-17(2,3)24(4,5)23-13-7-6-12-10-22(21-14(12)8-13)16-9-15(18)19-11-20-16/h6-11H,1-5H3. The van der Waals surface area contributed by atoms with Gasteiger partial charge in [-0.25, -0.2) is 14.6 Å². The number of hydrogen-bond donors (Lipinski definition) is 0. The van der Waals surface area contributed by atoms with Gasteiger partial charge in [0.2, 0.25) is 8.32 Å². The summed E-state index contributed by atoms with van der Waals surface area (Å²) in [6.07, 6.45) is 3.35. The van der Waals surface area contributed by atoms with Crippen LogP contribution in [0.25, 0.3) is 16.7 Å². The molecule has 0 aliphatic rings. The smallest absolute Gasteiger partial charge is 0.250 e. The molecule has 0 atom stereocenters. The fraction of sp³-hybridized carbons (Fsp3) is 0.353. The SMILES string of the molecule is CC(C)(C)[Si](C)(C)Oc1ccc2cn(-c3cc(Cl)ncn3)nc2c1. The number of aromatic nitrogens is 4. The Balaban J connectivity index is 1.95. The summed E-state index contributed by atoms with van der Waals surface area (Å²) in [6.45, 7) is 11.2. The molecule has 2 heterocycles. The van der Waals surface area contributed by atoms with E-state index in [2.05, 4.69) is 48.9 Å². The van der Waals surface area contributed by atoms with Crippen molar-refractivity contribution in [2.24, 2.45) is 0 Å². The van der Waals surface area contributed by atoms with Crippen LogP contribution in [0.5, 0.6) is 5.75 Å².